The van der Waals surface area contributed by atoms with Crippen LogP contribution in [-0.2, 0) is 0 Å². The number of aliphatic hydroxyl groups excluding tert-OH is 1. The second-order valence-electron chi connectivity index (χ2n) is 5.73. The lowest BCUT2D eigenvalue weighted by Crippen LogP contribution is -2.19. The summed E-state index contributed by atoms with van der Waals surface area (Å²) in [6.07, 6.45) is 0.672. The lowest BCUT2D eigenvalue weighted by atomic mass is 9.99. The minimum Gasteiger partial charge on any atom is -0.389 e. The molecular weight excluding hydrogens is 282 g/mol. The van der Waals surface area contributed by atoms with Gasteiger partial charge in [-0.2, -0.15) is 0 Å². The number of aliphatic hydroxyl groups is 1. The summed E-state index contributed by atoms with van der Waals surface area (Å²) in [6, 6.07) is 16.5. The molecule has 0 aromatic heterocycles. The summed E-state index contributed by atoms with van der Waals surface area (Å²) < 4.78 is 0. The molecule has 21 heavy (non-hydrogen) atoms. The van der Waals surface area contributed by atoms with Crippen LogP contribution in [0.5, 0.6) is 0 Å². The van der Waals surface area contributed by atoms with Gasteiger partial charge in [-0.25, -0.2) is 0 Å². The molecule has 0 amide bonds. The van der Waals surface area contributed by atoms with Crippen molar-refractivity contribution in [3.8, 4) is 0 Å². The molecular formula is C18H20ClNO. The van der Waals surface area contributed by atoms with Crippen molar-refractivity contribution in [1.82, 2.24) is 0 Å². The molecule has 0 spiro atoms. The van der Waals surface area contributed by atoms with Crippen molar-refractivity contribution in [2.45, 2.75) is 25.4 Å². The van der Waals surface area contributed by atoms with Crippen molar-refractivity contribution >= 4 is 17.3 Å². The molecule has 3 heteroatoms. The zero-order valence-electron chi connectivity index (χ0n) is 12.2. The van der Waals surface area contributed by atoms with Crippen LogP contribution in [0.2, 0.25) is 5.02 Å². The Kier molecular flexibility index (Phi) is 4.18. The van der Waals surface area contributed by atoms with E-state index in [1.165, 1.54) is 5.56 Å². The third kappa shape index (κ3) is 3.07. The molecule has 2 atom stereocenters. The second-order valence-corrected chi connectivity index (χ2v) is 6.14. The Hall–Kier alpha value is -1.51. The molecule has 1 aliphatic heterocycles. The third-order valence-electron chi connectivity index (χ3n) is 4.25. The van der Waals surface area contributed by atoms with E-state index in [2.05, 4.69) is 35.2 Å². The van der Waals surface area contributed by atoms with Crippen LogP contribution >= 0.6 is 11.6 Å². The molecule has 110 valence electrons. The molecule has 0 aliphatic carbocycles. The van der Waals surface area contributed by atoms with Crippen LogP contribution in [0.3, 0.4) is 0 Å². The van der Waals surface area contributed by atoms with Gasteiger partial charge in [0.05, 0.1) is 16.8 Å². The highest BCUT2D eigenvalue weighted by atomic mass is 35.5. The van der Waals surface area contributed by atoms with Crippen molar-refractivity contribution in [2.75, 3.05) is 18.0 Å². The smallest absolute Gasteiger partial charge is 0.0762 e. The number of benzene rings is 2. The number of hydrogen-bond donors (Lipinski definition) is 1. The van der Waals surface area contributed by atoms with Gasteiger partial charge < -0.3 is 10.0 Å². The highest BCUT2D eigenvalue weighted by Crippen LogP contribution is 2.35. The van der Waals surface area contributed by atoms with Crippen molar-refractivity contribution < 1.29 is 5.11 Å². The van der Waals surface area contributed by atoms with Gasteiger partial charge in [0.1, 0.15) is 0 Å². The highest BCUT2D eigenvalue weighted by molar-refractivity contribution is 6.33. The molecule has 1 fully saturated rings. The van der Waals surface area contributed by atoms with Crippen molar-refractivity contribution in [2.24, 2.45) is 0 Å². The fraction of sp³-hybridized carbons (Fsp3) is 0.333. The zero-order chi connectivity index (χ0) is 14.8. The molecule has 1 aliphatic rings. The maximum absolute atomic E-state index is 9.62. The Labute approximate surface area is 131 Å². The number of anilines is 1. The van der Waals surface area contributed by atoms with E-state index >= 15 is 0 Å². The van der Waals surface area contributed by atoms with Gasteiger partial charge in [0, 0.05) is 19.0 Å². The first kappa shape index (κ1) is 14.4. The predicted octanol–water partition coefficient (Wildman–Crippen LogP) is 4.39. The predicted molar refractivity (Wildman–Crippen MR) is 88.1 cm³/mol. The standard InChI is InChI=1S/C18H20ClNO/c1-13(21)15-7-8-18(17(19)11-15)20-10-9-16(12-20)14-5-3-2-4-6-14/h2-8,11,13,16,21H,9-10,12H2,1H3/t13-,16?/m0/s1. The van der Waals surface area contributed by atoms with Gasteiger partial charge >= 0.3 is 0 Å². The highest BCUT2D eigenvalue weighted by Gasteiger charge is 2.25. The third-order valence-corrected chi connectivity index (χ3v) is 4.56. The van der Waals surface area contributed by atoms with Crippen LogP contribution in [0.4, 0.5) is 5.69 Å². The number of nitrogens with zero attached hydrogens (tertiary/aromatic N) is 1. The molecule has 1 N–H and O–H groups in total. The molecule has 2 aromatic carbocycles. The summed E-state index contributed by atoms with van der Waals surface area (Å²) in [5.41, 5.74) is 3.33. The number of hydrogen-bond acceptors (Lipinski definition) is 2. The van der Waals surface area contributed by atoms with E-state index < -0.39 is 6.10 Å². The number of halogens is 1. The minimum absolute atomic E-state index is 0.479. The van der Waals surface area contributed by atoms with Gasteiger partial charge in [-0.05, 0) is 36.6 Å². The Balaban J connectivity index is 1.77. The van der Waals surface area contributed by atoms with E-state index in [9.17, 15) is 5.11 Å². The molecule has 0 radical (unpaired) electrons. The average Bonchev–Trinajstić information content (AvgIpc) is 2.97. The van der Waals surface area contributed by atoms with Crippen molar-refractivity contribution in [3.05, 3.63) is 64.7 Å². The maximum atomic E-state index is 9.62. The molecule has 3 rings (SSSR count). The molecule has 2 aromatic rings. The molecule has 0 saturated carbocycles. The quantitative estimate of drug-likeness (QED) is 0.909. The van der Waals surface area contributed by atoms with E-state index in [-0.39, 0.29) is 0 Å². The average molecular weight is 302 g/mol. The summed E-state index contributed by atoms with van der Waals surface area (Å²) in [5, 5.41) is 10.3. The zero-order valence-corrected chi connectivity index (χ0v) is 12.9. The SMILES string of the molecule is C[C@H](O)c1ccc(N2CCC(c3ccccc3)C2)c(Cl)c1. The molecule has 2 nitrogen and oxygen atoms in total. The first-order valence-electron chi connectivity index (χ1n) is 7.42. The summed E-state index contributed by atoms with van der Waals surface area (Å²) in [4.78, 5) is 2.34. The maximum Gasteiger partial charge on any atom is 0.0762 e. The Morgan fingerprint density at radius 3 is 2.62 bits per heavy atom. The summed E-state index contributed by atoms with van der Waals surface area (Å²) in [7, 11) is 0. The Bertz CT molecular complexity index is 612. The van der Waals surface area contributed by atoms with Crippen LogP contribution in [0, 0.1) is 0 Å². The Morgan fingerprint density at radius 2 is 1.95 bits per heavy atom. The topological polar surface area (TPSA) is 23.5 Å². The van der Waals surface area contributed by atoms with Crippen LogP contribution < -0.4 is 4.90 Å². The van der Waals surface area contributed by atoms with Gasteiger partial charge in [-0.15, -0.1) is 0 Å². The van der Waals surface area contributed by atoms with Crippen LogP contribution in [0.25, 0.3) is 0 Å². The van der Waals surface area contributed by atoms with E-state index in [4.69, 9.17) is 11.6 Å². The van der Waals surface area contributed by atoms with Crippen LogP contribution in [0.15, 0.2) is 48.5 Å². The second kappa shape index (κ2) is 6.08. The van der Waals surface area contributed by atoms with Gasteiger partial charge in [0.15, 0.2) is 0 Å². The van der Waals surface area contributed by atoms with Gasteiger partial charge in [0.25, 0.3) is 0 Å². The first-order chi connectivity index (χ1) is 10.1. The lowest BCUT2D eigenvalue weighted by Gasteiger charge is -2.21. The summed E-state index contributed by atoms with van der Waals surface area (Å²) in [6.45, 7) is 3.78. The molecule has 1 heterocycles. The van der Waals surface area contributed by atoms with Crippen LogP contribution in [0.1, 0.15) is 36.5 Å². The van der Waals surface area contributed by atoms with Crippen molar-refractivity contribution in [3.63, 3.8) is 0 Å². The van der Waals surface area contributed by atoms with E-state index in [1.54, 1.807) is 6.92 Å². The fourth-order valence-electron chi connectivity index (χ4n) is 3.02. The van der Waals surface area contributed by atoms with E-state index in [0.717, 1.165) is 35.8 Å². The molecule has 1 saturated heterocycles. The Morgan fingerprint density at radius 1 is 1.19 bits per heavy atom. The lowest BCUT2D eigenvalue weighted by molar-refractivity contribution is 0.199. The normalized spacial score (nSPS) is 19.8. The van der Waals surface area contributed by atoms with E-state index in [0.29, 0.717) is 5.92 Å². The fourth-order valence-corrected chi connectivity index (χ4v) is 3.32. The number of rotatable bonds is 3. The van der Waals surface area contributed by atoms with Gasteiger partial charge in [-0.3, -0.25) is 0 Å². The van der Waals surface area contributed by atoms with E-state index in [1.807, 2.05) is 18.2 Å². The monoisotopic (exact) mass is 301 g/mol. The van der Waals surface area contributed by atoms with Crippen molar-refractivity contribution in [1.29, 1.82) is 0 Å². The largest absolute Gasteiger partial charge is 0.389 e. The van der Waals surface area contributed by atoms with Gasteiger partial charge in [-0.1, -0.05) is 48.0 Å². The van der Waals surface area contributed by atoms with Crippen LogP contribution in [-0.4, -0.2) is 18.2 Å². The van der Waals surface area contributed by atoms with Gasteiger partial charge in [0.2, 0.25) is 0 Å². The molecule has 1 unspecified atom stereocenters. The first-order valence-corrected chi connectivity index (χ1v) is 7.80. The summed E-state index contributed by atoms with van der Waals surface area (Å²) in [5.74, 6) is 0.568. The molecule has 0 bridgehead atoms. The summed E-state index contributed by atoms with van der Waals surface area (Å²) >= 11 is 6.39. The minimum atomic E-state index is -0.479.